The number of hydrogen-bond donors (Lipinski definition) is 2. The average molecular weight is 277 g/mol. The molecule has 5 nitrogen and oxygen atoms in total. The van der Waals surface area contributed by atoms with Crippen molar-refractivity contribution < 1.29 is 76.2 Å². The van der Waals surface area contributed by atoms with Crippen LogP contribution in [0.2, 0.25) is 0 Å². The summed E-state index contributed by atoms with van der Waals surface area (Å²) in [6.07, 6.45) is 0. The predicted octanol–water partition coefficient (Wildman–Crippen LogP) is -8.72. The Bertz CT molecular complexity index is 354. The van der Waals surface area contributed by atoms with Gasteiger partial charge in [0.05, 0.1) is 0 Å². The Morgan fingerprint density at radius 3 is 2.14 bits per heavy atom. The summed E-state index contributed by atoms with van der Waals surface area (Å²) in [7, 11) is 0. The van der Waals surface area contributed by atoms with Gasteiger partial charge in [-0.15, -0.1) is 0 Å². The summed E-state index contributed by atoms with van der Waals surface area (Å²) in [6.45, 7) is 0. The first kappa shape index (κ1) is 17.5. The summed E-state index contributed by atoms with van der Waals surface area (Å²) >= 11 is -5.35. The maximum Gasteiger partial charge on any atom is 1.00 e. The molecule has 0 bridgehead atoms. The van der Waals surface area contributed by atoms with Crippen LogP contribution in [0.1, 0.15) is 0 Å². The summed E-state index contributed by atoms with van der Waals surface area (Å²) in [5, 5.41) is 8.90. The van der Waals surface area contributed by atoms with E-state index in [1.807, 2.05) is 0 Å². The Hall–Kier alpha value is 1.10. The minimum Gasteiger partial charge on any atom is 1.00 e. The summed E-state index contributed by atoms with van der Waals surface area (Å²) in [5.74, 6) is -0.234. The molecule has 0 fully saturated rings. The van der Waals surface area contributed by atoms with Crippen molar-refractivity contribution >= 4 is 24.2 Å². The number of nitrogens with two attached hydrogens (primary N) is 1. The van der Waals surface area contributed by atoms with E-state index in [4.69, 9.17) is 10.8 Å². The molecule has 1 aromatic carbocycles. The second kappa shape index (κ2) is 6.63. The summed E-state index contributed by atoms with van der Waals surface area (Å²) in [4.78, 5) is 0. The van der Waals surface area contributed by atoms with Gasteiger partial charge in [0.15, 0.2) is 0 Å². The SMILES string of the molecule is Nc1cc([As](=O)([O-])[O-])ccc1O.[Na+].[Na+]. The van der Waals surface area contributed by atoms with Crippen molar-refractivity contribution in [2.75, 3.05) is 5.73 Å². The van der Waals surface area contributed by atoms with Crippen molar-refractivity contribution in [1.82, 2.24) is 0 Å². The van der Waals surface area contributed by atoms with Crippen molar-refractivity contribution in [1.29, 1.82) is 0 Å². The van der Waals surface area contributed by atoms with Crippen LogP contribution in [0.4, 0.5) is 5.69 Å². The molecule has 1 aromatic rings. The Kier molecular flexibility index (Phi) is 8.29. The molecule has 0 aromatic heterocycles. The first-order valence-electron chi connectivity index (χ1n) is 3.02. The zero-order chi connectivity index (χ0) is 9.35. The number of phenolic OH excluding ortho intramolecular Hbond substituents is 1. The minimum atomic E-state index is -5.35. The molecule has 0 amide bonds. The molecule has 0 radical (unpaired) electrons. The van der Waals surface area contributed by atoms with Crippen LogP contribution in [0.25, 0.3) is 0 Å². The normalized spacial score (nSPS) is 9.86. The molecule has 0 unspecified atom stereocenters. The van der Waals surface area contributed by atoms with Gasteiger partial charge in [0.1, 0.15) is 0 Å². The van der Waals surface area contributed by atoms with Crippen molar-refractivity contribution in [3.63, 3.8) is 0 Å². The first-order valence-corrected chi connectivity index (χ1v) is 6.26. The largest absolute Gasteiger partial charge is 1.00 e. The summed E-state index contributed by atoms with van der Waals surface area (Å²) in [6, 6.07) is 3.06. The number of hydrogen-bond acceptors (Lipinski definition) is 5. The fourth-order valence-electron chi connectivity index (χ4n) is 0.712. The fourth-order valence-corrected chi connectivity index (χ4v) is 1.88. The zero-order valence-electron chi connectivity index (χ0n) is 7.93. The molecule has 0 aliphatic rings. The third-order valence-corrected chi connectivity index (χ3v) is 3.24. The van der Waals surface area contributed by atoms with Gasteiger partial charge in [-0.2, -0.15) is 0 Å². The number of rotatable bonds is 1. The van der Waals surface area contributed by atoms with Gasteiger partial charge in [0.2, 0.25) is 0 Å². The van der Waals surface area contributed by atoms with E-state index in [0.717, 1.165) is 18.2 Å². The van der Waals surface area contributed by atoms with Crippen molar-refractivity contribution in [3.05, 3.63) is 18.2 Å². The van der Waals surface area contributed by atoms with Crippen LogP contribution in [0.3, 0.4) is 0 Å². The molecule has 14 heavy (non-hydrogen) atoms. The van der Waals surface area contributed by atoms with E-state index in [9.17, 15) is 11.9 Å². The third-order valence-electron chi connectivity index (χ3n) is 1.33. The molecule has 0 aliphatic heterocycles. The van der Waals surface area contributed by atoms with Gasteiger partial charge < -0.3 is 0 Å². The zero-order valence-corrected chi connectivity index (χ0v) is 13.8. The molecule has 0 heterocycles. The van der Waals surface area contributed by atoms with E-state index >= 15 is 0 Å². The van der Waals surface area contributed by atoms with Crippen LogP contribution in [0, 0.1) is 0 Å². The molecule has 66 valence electrons. The van der Waals surface area contributed by atoms with E-state index in [1.165, 1.54) is 0 Å². The molecule has 8 heteroatoms. The van der Waals surface area contributed by atoms with E-state index in [-0.39, 0.29) is 74.9 Å². The quantitative estimate of drug-likeness (QED) is 0.301. The Balaban J connectivity index is 0. The third kappa shape index (κ3) is 4.75. The van der Waals surface area contributed by atoms with Crippen molar-refractivity contribution in [2.45, 2.75) is 0 Å². The maximum absolute atomic E-state index is 10.5. The van der Waals surface area contributed by atoms with E-state index in [1.54, 1.807) is 0 Å². The number of anilines is 1. The van der Waals surface area contributed by atoms with Gasteiger partial charge in [0.25, 0.3) is 0 Å². The van der Waals surface area contributed by atoms with Crippen LogP contribution >= 0.6 is 0 Å². The van der Waals surface area contributed by atoms with Crippen LogP contribution in [-0.4, -0.2) is 19.3 Å². The molecule has 0 saturated heterocycles. The monoisotopic (exact) mass is 277 g/mol. The topological polar surface area (TPSA) is 109 Å². The van der Waals surface area contributed by atoms with Gasteiger partial charge in [0, 0.05) is 0 Å². The van der Waals surface area contributed by atoms with Gasteiger partial charge in [-0.25, -0.2) is 0 Å². The van der Waals surface area contributed by atoms with Crippen LogP contribution in [-0.2, 0) is 3.74 Å². The van der Waals surface area contributed by atoms with E-state index in [0.29, 0.717) is 0 Å². The van der Waals surface area contributed by atoms with Crippen molar-refractivity contribution in [3.8, 4) is 5.75 Å². The molecule has 3 N–H and O–H groups in total. The Morgan fingerprint density at radius 2 is 1.79 bits per heavy atom. The average Bonchev–Trinajstić information content (AvgIpc) is 1.92. The van der Waals surface area contributed by atoms with Crippen molar-refractivity contribution in [2.24, 2.45) is 0 Å². The molecule has 0 atom stereocenters. The molecule has 0 spiro atoms. The molecular weight excluding hydrogens is 271 g/mol. The van der Waals surface area contributed by atoms with Crippen LogP contribution in [0.5, 0.6) is 5.75 Å². The fraction of sp³-hybridized carbons (Fsp3) is 0. The number of nitrogen functional groups attached to an aromatic ring is 1. The Labute approximate surface area is 128 Å². The Morgan fingerprint density at radius 1 is 1.29 bits per heavy atom. The second-order valence-electron chi connectivity index (χ2n) is 2.24. The molecular formula is C6H6AsNNa2O4. The smallest absolute Gasteiger partial charge is 1.00 e. The second-order valence-corrected chi connectivity index (χ2v) is 5.41. The van der Waals surface area contributed by atoms with Gasteiger partial charge >= 0.3 is 130 Å². The van der Waals surface area contributed by atoms with E-state index < -0.39 is 14.2 Å². The number of phenols is 1. The summed E-state index contributed by atoms with van der Waals surface area (Å²) in [5.41, 5.74) is 5.07. The van der Waals surface area contributed by atoms with Crippen LogP contribution in [0.15, 0.2) is 18.2 Å². The summed E-state index contributed by atoms with van der Waals surface area (Å²) < 4.78 is 31.1. The van der Waals surface area contributed by atoms with Crippen LogP contribution < -0.4 is 77.4 Å². The molecule has 0 saturated carbocycles. The van der Waals surface area contributed by atoms with Gasteiger partial charge in [-0.3, -0.25) is 0 Å². The van der Waals surface area contributed by atoms with Gasteiger partial charge in [-0.1, -0.05) is 0 Å². The number of benzene rings is 1. The van der Waals surface area contributed by atoms with E-state index in [2.05, 4.69) is 0 Å². The standard InChI is InChI=1S/C6H8AsNO4.2Na/c8-5-3-4(7(10,11)12)1-2-6(5)9;;/h1-3,9H,8H2,(H2,10,11,12);;/q;2*+1/p-2. The predicted molar refractivity (Wildman–Crippen MR) is 38.6 cm³/mol. The number of aromatic hydroxyl groups is 1. The first-order chi connectivity index (χ1) is 5.41. The van der Waals surface area contributed by atoms with Gasteiger partial charge in [-0.05, 0) is 0 Å². The maximum atomic E-state index is 10.5. The molecule has 0 aliphatic carbocycles. The molecule has 1 rings (SSSR count). The minimum absolute atomic E-state index is 0.